The normalized spacial score (nSPS) is 18.1. The lowest BCUT2D eigenvalue weighted by molar-refractivity contribution is 0.00607. The van der Waals surface area contributed by atoms with Gasteiger partial charge in [-0.1, -0.05) is 0 Å². The molecule has 1 aromatic heterocycles. The Balaban J connectivity index is 2.12. The summed E-state index contributed by atoms with van der Waals surface area (Å²) in [6.07, 6.45) is 1.27. The van der Waals surface area contributed by atoms with Crippen LogP contribution in [0.2, 0.25) is 0 Å². The molecule has 0 unspecified atom stereocenters. The van der Waals surface area contributed by atoms with Gasteiger partial charge in [-0.15, -0.1) is 0 Å². The van der Waals surface area contributed by atoms with Crippen molar-refractivity contribution in [2.45, 2.75) is 39.3 Å². The molecule has 1 atom stereocenters. The molecule has 0 spiro atoms. The van der Waals surface area contributed by atoms with E-state index in [1.807, 2.05) is 27.7 Å². The minimum Gasteiger partial charge on any atom is -0.480 e. The van der Waals surface area contributed by atoms with Gasteiger partial charge in [0.05, 0.1) is 7.11 Å². The minimum atomic E-state index is -0.535. The fraction of sp³-hybridized carbons (Fsp3) is 0.588. The molecule has 25 heavy (non-hydrogen) atoms. The zero-order valence-electron chi connectivity index (χ0n) is 15.2. The van der Waals surface area contributed by atoms with E-state index >= 15 is 0 Å². The molecule has 2 amide bonds. The molecular formula is C17H24IN3O4. The Morgan fingerprint density at radius 3 is 2.56 bits per heavy atom. The maximum absolute atomic E-state index is 13.0. The Labute approximate surface area is 161 Å². The average molecular weight is 461 g/mol. The van der Waals surface area contributed by atoms with Gasteiger partial charge in [0.15, 0.2) is 0 Å². The monoisotopic (exact) mass is 461 g/mol. The zero-order valence-corrected chi connectivity index (χ0v) is 17.4. The van der Waals surface area contributed by atoms with Crippen LogP contribution in [0.4, 0.5) is 4.79 Å². The quantitative estimate of drug-likeness (QED) is 0.634. The van der Waals surface area contributed by atoms with Gasteiger partial charge in [-0.2, -0.15) is 0 Å². The lowest BCUT2D eigenvalue weighted by Gasteiger charge is -2.40. The molecule has 1 saturated heterocycles. The molecule has 0 saturated carbocycles. The molecule has 1 aromatic rings. The van der Waals surface area contributed by atoms with Crippen molar-refractivity contribution < 1.29 is 19.1 Å². The van der Waals surface area contributed by atoms with Crippen molar-refractivity contribution >= 4 is 34.6 Å². The molecule has 1 aliphatic rings. The second-order valence-corrected chi connectivity index (χ2v) is 8.11. The summed E-state index contributed by atoms with van der Waals surface area (Å²) in [5, 5.41) is 0. The van der Waals surface area contributed by atoms with Crippen molar-refractivity contribution in [3.05, 3.63) is 21.4 Å². The van der Waals surface area contributed by atoms with Crippen molar-refractivity contribution in [3.63, 3.8) is 0 Å². The molecule has 0 bridgehead atoms. The number of pyridine rings is 1. The summed E-state index contributed by atoms with van der Waals surface area (Å²) in [5.41, 5.74) is -0.0740. The summed E-state index contributed by atoms with van der Waals surface area (Å²) >= 11 is 2.11. The van der Waals surface area contributed by atoms with E-state index in [2.05, 4.69) is 27.6 Å². The predicted octanol–water partition coefficient (Wildman–Crippen LogP) is 2.78. The number of amides is 2. The molecule has 8 heteroatoms. The van der Waals surface area contributed by atoms with E-state index in [1.54, 1.807) is 22.1 Å². The van der Waals surface area contributed by atoms with Crippen LogP contribution >= 0.6 is 22.6 Å². The van der Waals surface area contributed by atoms with Gasteiger partial charge in [-0.05, 0) is 56.4 Å². The Hall–Kier alpha value is -1.58. The topological polar surface area (TPSA) is 72.0 Å². The summed E-state index contributed by atoms with van der Waals surface area (Å²) in [6.45, 7) is 8.74. The number of carbonyl (C=O) groups is 2. The lowest BCUT2D eigenvalue weighted by Crippen LogP contribution is -2.56. The van der Waals surface area contributed by atoms with Crippen LogP contribution in [0.1, 0.15) is 38.1 Å². The summed E-state index contributed by atoms with van der Waals surface area (Å²) in [6, 6.07) is 1.65. The molecule has 0 N–H and O–H groups in total. The van der Waals surface area contributed by atoms with Gasteiger partial charge in [0.25, 0.3) is 5.91 Å². The number of piperazine rings is 1. The second-order valence-electron chi connectivity index (χ2n) is 6.95. The number of methoxy groups -OCH3 is 1. The number of aromatic nitrogens is 1. The van der Waals surface area contributed by atoms with Crippen LogP contribution in [0.5, 0.6) is 5.88 Å². The number of carbonyl (C=O) groups excluding carboxylic acids is 2. The van der Waals surface area contributed by atoms with Crippen molar-refractivity contribution in [2.24, 2.45) is 0 Å². The molecule has 1 fully saturated rings. The Bertz CT molecular complexity index is 660. The number of rotatable bonds is 2. The highest BCUT2D eigenvalue weighted by Gasteiger charge is 2.34. The highest BCUT2D eigenvalue weighted by molar-refractivity contribution is 14.1. The molecule has 0 radical (unpaired) electrons. The van der Waals surface area contributed by atoms with Crippen LogP contribution in [0.3, 0.4) is 0 Å². The van der Waals surface area contributed by atoms with Crippen LogP contribution in [0.15, 0.2) is 12.3 Å². The van der Waals surface area contributed by atoms with Crippen LogP contribution in [-0.4, -0.2) is 65.2 Å². The number of hydrogen-bond donors (Lipinski definition) is 0. The molecule has 2 rings (SSSR count). The highest BCUT2D eigenvalue weighted by atomic mass is 127. The molecule has 7 nitrogen and oxygen atoms in total. The van der Waals surface area contributed by atoms with Crippen molar-refractivity contribution in [2.75, 3.05) is 26.7 Å². The first-order chi connectivity index (χ1) is 11.6. The van der Waals surface area contributed by atoms with Crippen LogP contribution < -0.4 is 4.74 Å². The van der Waals surface area contributed by atoms with Crippen molar-refractivity contribution in [1.29, 1.82) is 0 Å². The molecular weight excluding hydrogens is 437 g/mol. The standard InChI is InChI=1S/C17H24IN3O4/c1-11-10-20(16(23)25-17(2,3)4)8-9-21(11)15(22)13-12(18)6-7-19-14(13)24-5/h6-7,11H,8-10H2,1-5H3/t11-/m1/s1. The number of ether oxygens (including phenoxy) is 2. The first kappa shape index (κ1) is 19.7. The van der Waals surface area contributed by atoms with E-state index in [-0.39, 0.29) is 18.0 Å². The molecule has 0 aliphatic carbocycles. The van der Waals surface area contributed by atoms with Crippen LogP contribution in [-0.2, 0) is 4.74 Å². The number of hydrogen-bond acceptors (Lipinski definition) is 5. The van der Waals surface area contributed by atoms with Crippen molar-refractivity contribution in [1.82, 2.24) is 14.8 Å². The van der Waals surface area contributed by atoms with Gasteiger partial charge in [0, 0.05) is 35.4 Å². The van der Waals surface area contributed by atoms with Gasteiger partial charge in [-0.25, -0.2) is 9.78 Å². The fourth-order valence-electron chi connectivity index (χ4n) is 2.66. The first-order valence-electron chi connectivity index (χ1n) is 8.11. The van der Waals surface area contributed by atoms with Crippen LogP contribution in [0, 0.1) is 3.57 Å². The maximum Gasteiger partial charge on any atom is 0.410 e. The molecule has 1 aliphatic heterocycles. The first-order valence-corrected chi connectivity index (χ1v) is 9.19. The Morgan fingerprint density at radius 1 is 1.32 bits per heavy atom. The van der Waals surface area contributed by atoms with E-state index in [1.165, 1.54) is 7.11 Å². The lowest BCUT2D eigenvalue weighted by atomic mass is 10.1. The Morgan fingerprint density at radius 2 is 2.00 bits per heavy atom. The van der Waals surface area contributed by atoms with E-state index in [0.717, 1.165) is 3.57 Å². The average Bonchev–Trinajstić information content (AvgIpc) is 2.52. The third kappa shape index (κ3) is 4.74. The summed E-state index contributed by atoms with van der Waals surface area (Å²) in [4.78, 5) is 32.7. The van der Waals surface area contributed by atoms with E-state index in [4.69, 9.17) is 9.47 Å². The molecule has 0 aromatic carbocycles. The van der Waals surface area contributed by atoms with E-state index < -0.39 is 5.60 Å². The van der Waals surface area contributed by atoms with Crippen molar-refractivity contribution in [3.8, 4) is 5.88 Å². The third-order valence-electron chi connectivity index (χ3n) is 3.81. The highest BCUT2D eigenvalue weighted by Crippen LogP contribution is 2.25. The summed E-state index contributed by atoms with van der Waals surface area (Å²) in [5.74, 6) is 0.185. The molecule has 138 valence electrons. The summed E-state index contributed by atoms with van der Waals surface area (Å²) < 4.78 is 11.4. The van der Waals surface area contributed by atoms with Gasteiger partial charge in [0.1, 0.15) is 11.2 Å². The van der Waals surface area contributed by atoms with Gasteiger partial charge in [0.2, 0.25) is 5.88 Å². The number of halogens is 1. The fourth-order valence-corrected chi connectivity index (χ4v) is 3.29. The number of nitrogens with zero attached hydrogens (tertiary/aromatic N) is 3. The van der Waals surface area contributed by atoms with Gasteiger partial charge >= 0.3 is 6.09 Å². The van der Waals surface area contributed by atoms with Gasteiger partial charge < -0.3 is 19.3 Å². The third-order valence-corrected chi connectivity index (χ3v) is 4.71. The van der Waals surface area contributed by atoms with Gasteiger partial charge in [-0.3, -0.25) is 4.79 Å². The zero-order chi connectivity index (χ0) is 18.8. The van der Waals surface area contributed by atoms with Crippen LogP contribution in [0.25, 0.3) is 0 Å². The maximum atomic E-state index is 13.0. The summed E-state index contributed by atoms with van der Waals surface area (Å²) in [7, 11) is 1.50. The smallest absolute Gasteiger partial charge is 0.410 e. The Kier molecular flexibility index (Phi) is 6.12. The SMILES string of the molecule is COc1nccc(I)c1C(=O)N1CCN(C(=O)OC(C)(C)C)C[C@H]1C. The van der Waals surface area contributed by atoms with E-state index in [9.17, 15) is 9.59 Å². The second kappa shape index (κ2) is 7.76. The predicted molar refractivity (Wildman–Crippen MR) is 102 cm³/mol. The minimum absolute atomic E-state index is 0.130. The largest absolute Gasteiger partial charge is 0.480 e. The van der Waals surface area contributed by atoms with E-state index in [0.29, 0.717) is 31.1 Å². The molecule has 2 heterocycles.